The van der Waals surface area contributed by atoms with Crippen LogP contribution in [0.4, 0.5) is 0 Å². The van der Waals surface area contributed by atoms with Crippen LogP contribution in [0.5, 0.6) is 5.88 Å². The minimum absolute atomic E-state index is 0.0640. The predicted molar refractivity (Wildman–Crippen MR) is 108 cm³/mol. The first-order valence-electron chi connectivity index (χ1n) is 10.0. The average Bonchev–Trinajstić information content (AvgIpc) is 3.23. The molecule has 1 aliphatic rings. The molecule has 8 heteroatoms. The SMILES string of the molecule is CCc1nc2sc([C@@H](c3cccc(C)c3)[NH+]3CC[NH+](CCO)CC3)c(O)n2n1. The summed E-state index contributed by atoms with van der Waals surface area (Å²) >= 11 is 1.55. The van der Waals surface area contributed by atoms with Crippen molar-refractivity contribution in [2.75, 3.05) is 39.3 Å². The summed E-state index contributed by atoms with van der Waals surface area (Å²) in [5, 5.41) is 24.7. The number of benzene rings is 1. The molecule has 1 fully saturated rings. The number of fused-ring (bicyclic) bond motifs is 1. The summed E-state index contributed by atoms with van der Waals surface area (Å²) in [5.74, 6) is 0.977. The fraction of sp³-hybridized carbons (Fsp3) is 0.500. The van der Waals surface area contributed by atoms with Crippen molar-refractivity contribution in [1.82, 2.24) is 14.6 Å². The Hall–Kier alpha value is -2.00. The number of aryl methyl sites for hydroxylation is 2. The van der Waals surface area contributed by atoms with Crippen molar-refractivity contribution in [3.05, 3.63) is 46.1 Å². The molecule has 150 valence electrons. The number of aromatic hydroxyl groups is 1. The molecule has 2 aromatic heterocycles. The van der Waals surface area contributed by atoms with Gasteiger partial charge < -0.3 is 20.0 Å². The Morgan fingerprint density at radius 2 is 2.04 bits per heavy atom. The molecule has 3 heterocycles. The van der Waals surface area contributed by atoms with E-state index in [1.807, 2.05) is 6.92 Å². The largest absolute Gasteiger partial charge is 0.492 e. The molecule has 4 N–H and O–H groups in total. The molecule has 0 saturated carbocycles. The predicted octanol–water partition coefficient (Wildman–Crippen LogP) is -0.768. The normalized spacial score (nSPS) is 21.2. The summed E-state index contributed by atoms with van der Waals surface area (Å²) in [5.41, 5.74) is 2.44. The summed E-state index contributed by atoms with van der Waals surface area (Å²) < 4.78 is 1.59. The molecule has 4 rings (SSSR count). The zero-order valence-electron chi connectivity index (χ0n) is 16.5. The van der Waals surface area contributed by atoms with Crippen LogP contribution < -0.4 is 9.80 Å². The number of thiazole rings is 1. The van der Waals surface area contributed by atoms with Gasteiger partial charge in [0.25, 0.3) is 0 Å². The summed E-state index contributed by atoms with van der Waals surface area (Å²) in [4.78, 5) is 9.15. The van der Waals surface area contributed by atoms with Gasteiger partial charge in [-0.25, -0.2) is 4.98 Å². The van der Waals surface area contributed by atoms with Crippen molar-refractivity contribution >= 4 is 16.3 Å². The topological polar surface area (TPSA) is 79.5 Å². The first-order chi connectivity index (χ1) is 13.6. The Morgan fingerprint density at radius 1 is 1.25 bits per heavy atom. The highest BCUT2D eigenvalue weighted by molar-refractivity contribution is 7.17. The maximum Gasteiger partial charge on any atom is 0.235 e. The lowest BCUT2D eigenvalue weighted by Crippen LogP contribution is -3.28. The van der Waals surface area contributed by atoms with E-state index in [9.17, 15) is 10.2 Å². The third-order valence-electron chi connectivity index (χ3n) is 5.67. The van der Waals surface area contributed by atoms with Gasteiger partial charge in [-0.15, -0.1) is 5.10 Å². The monoisotopic (exact) mass is 403 g/mol. The van der Waals surface area contributed by atoms with E-state index in [0.29, 0.717) is 0 Å². The van der Waals surface area contributed by atoms with E-state index in [0.717, 1.165) is 54.8 Å². The Morgan fingerprint density at radius 3 is 2.68 bits per heavy atom. The van der Waals surface area contributed by atoms with Gasteiger partial charge in [-0.05, 0) is 13.0 Å². The molecule has 1 saturated heterocycles. The number of quaternary nitrogens is 2. The minimum Gasteiger partial charge on any atom is -0.492 e. The van der Waals surface area contributed by atoms with Crippen molar-refractivity contribution in [3.8, 4) is 5.88 Å². The highest BCUT2D eigenvalue weighted by atomic mass is 32.1. The second-order valence-corrected chi connectivity index (χ2v) is 8.60. The first-order valence-corrected chi connectivity index (χ1v) is 10.8. The van der Waals surface area contributed by atoms with Crippen LogP contribution in [-0.4, -0.2) is 64.1 Å². The molecule has 0 spiro atoms. The van der Waals surface area contributed by atoms with E-state index in [1.54, 1.807) is 15.9 Å². The Kier molecular flexibility index (Phi) is 5.63. The van der Waals surface area contributed by atoms with E-state index in [2.05, 4.69) is 41.3 Å². The molecule has 0 aliphatic carbocycles. The maximum atomic E-state index is 11.0. The van der Waals surface area contributed by atoms with Gasteiger partial charge in [0, 0.05) is 12.0 Å². The van der Waals surface area contributed by atoms with Gasteiger partial charge in [0.15, 0.2) is 11.9 Å². The van der Waals surface area contributed by atoms with Crippen LogP contribution in [0.3, 0.4) is 0 Å². The lowest BCUT2D eigenvalue weighted by molar-refractivity contribution is -1.02. The summed E-state index contributed by atoms with van der Waals surface area (Å²) in [6.07, 6.45) is 0.755. The van der Waals surface area contributed by atoms with Crippen LogP contribution >= 0.6 is 11.3 Å². The van der Waals surface area contributed by atoms with Gasteiger partial charge in [0.05, 0.1) is 6.61 Å². The number of piperazine rings is 1. The summed E-state index contributed by atoms with van der Waals surface area (Å²) in [6.45, 7) is 9.23. The molecule has 1 aromatic carbocycles. The Labute approximate surface area is 168 Å². The third-order valence-corrected chi connectivity index (χ3v) is 6.76. The van der Waals surface area contributed by atoms with Crippen LogP contribution in [0.15, 0.2) is 24.3 Å². The number of aliphatic hydroxyl groups is 1. The summed E-state index contributed by atoms with van der Waals surface area (Å²) in [6, 6.07) is 8.64. The molecule has 3 aromatic rings. The Bertz CT molecular complexity index is 945. The van der Waals surface area contributed by atoms with Gasteiger partial charge >= 0.3 is 0 Å². The number of rotatable bonds is 6. The maximum absolute atomic E-state index is 11.0. The van der Waals surface area contributed by atoms with E-state index >= 15 is 0 Å². The van der Waals surface area contributed by atoms with Crippen LogP contribution in [0.1, 0.15) is 34.8 Å². The third kappa shape index (κ3) is 3.65. The lowest BCUT2D eigenvalue weighted by atomic mass is 10.0. The van der Waals surface area contributed by atoms with Gasteiger partial charge in [0.2, 0.25) is 10.8 Å². The number of nitrogens with zero attached hydrogens (tertiary/aromatic N) is 3. The molecule has 1 aliphatic heterocycles. The van der Waals surface area contributed by atoms with E-state index in [4.69, 9.17) is 0 Å². The van der Waals surface area contributed by atoms with E-state index < -0.39 is 0 Å². The minimum atomic E-state index is 0.0640. The molecular formula is C20H29N5O2S+2. The van der Waals surface area contributed by atoms with E-state index in [-0.39, 0.29) is 18.5 Å². The molecule has 0 bridgehead atoms. The number of hydrogen-bond acceptors (Lipinski definition) is 5. The van der Waals surface area contributed by atoms with Crippen LogP contribution in [0, 0.1) is 6.92 Å². The summed E-state index contributed by atoms with van der Waals surface area (Å²) in [7, 11) is 0. The molecule has 0 radical (unpaired) electrons. The fourth-order valence-electron chi connectivity index (χ4n) is 4.17. The molecule has 1 atom stereocenters. The molecule has 0 amide bonds. The second-order valence-electron chi connectivity index (χ2n) is 7.59. The molecule has 28 heavy (non-hydrogen) atoms. The van der Waals surface area contributed by atoms with Crippen molar-refractivity contribution in [2.24, 2.45) is 0 Å². The first kappa shape index (κ1) is 19.3. The van der Waals surface area contributed by atoms with Crippen molar-refractivity contribution in [3.63, 3.8) is 0 Å². The zero-order chi connectivity index (χ0) is 19.7. The van der Waals surface area contributed by atoms with Gasteiger partial charge in [0.1, 0.15) is 37.6 Å². The highest BCUT2D eigenvalue weighted by Crippen LogP contribution is 2.35. The number of hydrogen-bond donors (Lipinski definition) is 4. The van der Waals surface area contributed by atoms with Gasteiger partial charge in [-0.3, -0.25) is 0 Å². The lowest BCUT2D eigenvalue weighted by Gasteiger charge is -2.34. The van der Waals surface area contributed by atoms with Crippen molar-refractivity contribution in [2.45, 2.75) is 26.3 Å². The van der Waals surface area contributed by atoms with Gasteiger partial charge in [-0.2, -0.15) is 4.52 Å². The molecule has 0 unspecified atom stereocenters. The van der Waals surface area contributed by atoms with Crippen LogP contribution in [0.25, 0.3) is 4.96 Å². The highest BCUT2D eigenvalue weighted by Gasteiger charge is 2.36. The van der Waals surface area contributed by atoms with Crippen LogP contribution in [-0.2, 0) is 6.42 Å². The Balaban J connectivity index is 1.71. The quantitative estimate of drug-likeness (QED) is 0.436. The smallest absolute Gasteiger partial charge is 0.235 e. The fourth-order valence-corrected chi connectivity index (χ4v) is 5.33. The van der Waals surface area contributed by atoms with E-state index in [1.165, 1.54) is 20.9 Å². The van der Waals surface area contributed by atoms with Crippen molar-refractivity contribution < 1.29 is 20.0 Å². The van der Waals surface area contributed by atoms with Crippen molar-refractivity contribution in [1.29, 1.82) is 0 Å². The van der Waals surface area contributed by atoms with Crippen LogP contribution in [0.2, 0.25) is 0 Å². The zero-order valence-corrected chi connectivity index (χ0v) is 17.3. The standard InChI is InChI=1S/C20H27N5O2S/c1-3-16-21-20-25(22-16)19(27)18(28-20)17(15-6-4-5-14(2)13-15)24-9-7-23(8-10-24)11-12-26/h4-6,13,17,26-27H,3,7-12H2,1-2H3/p+2/t17-/m1/s1. The molecule has 7 nitrogen and oxygen atoms in total. The second kappa shape index (κ2) is 8.16. The number of nitrogens with one attached hydrogen (secondary N) is 2. The number of aliphatic hydroxyl groups excluding tert-OH is 1. The number of aromatic nitrogens is 3. The average molecular weight is 404 g/mol. The molecular weight excluding hydrogens is 374 g/mol. The van der Waals surface area contributed by atoms with Gasteiger partial charge in [-0.1, -0.05) is 42.0 Å².